The Morgan fingerprint density at radius 2 is 1.89 bits per heavy atom. The second-order valence-electron chi connectivity index (χ2n) is 10.7. The number of hydrogen-bond donors (Lipinski definition) is 1. The van der Waals surface area contributed by atoms with E-state index in [0.717, 1.165) is 67.2 Å². The van der Waals surface area contributed by atoms with Crippen LogP contribution in [0.4, 0.5) is 22.9 Å². The fourth-order valence-corrected chi connectivity index (χ4v) is 6.01. The first-order valence-corrected chi connectivity index (χ1v) is 13.3. The van der Waals surface area contributed by atoms with Crippen molar-refractivity contribution in [3.05, 3.63) is 42.1 Å². The Morgan fingerprint density at radius 3 is 2.64 bits per heavy atom. The molecule has 4 aliphatic rings. The van der Waals surface area contributed by atoms with Gasteiger partial charge >= 0.3 is 0 Å². The van der Waals surface area contributed by atoms with E-state index in [2.05, 4.69) is 53.3 Å². The number of ether oxygens (including phenoxy) is 3. The van der Waals surface area contributed by atoms with Gasteiger partial charge in [0.05, 0.1) is 55.5 Å². The maximum absolute atomic E-state index is 14.0. The number of anilines is 4. The van der Waals surface area contributed by atoms with Crippen LogP contribution in [0, 0.1) is 5.92 Å². The minimum Gasteiger partial charge on any atom is -0.376 e. The summed E-state index contributed by atoms with van der Waals surface area (Å²) in [5, 5.41) is 3.50. The largest absolute Gasteiger partial charge is 0.376 e. The molecule has 1 saturated carbocycles. The van der Waals surface area contributed by atoms with Gasteiger partial charge < -0.3 is 29.3 Å². The lowest BCUT2D eigenvalue weighted by Crippen LogP contribution is -2.54. The van der Waals surface area contributed by atoms with Crippen molar-refractivity contribution in [3.63, 3.8) is 0 Å². The van der Waals surface area contributed by atoms with Crippen LogP contribution in [-0.2, 0) is 25.5 Å². The lowest BCUT2D eigenvalue weighted by Gasteiger charge is -2.42. The predicted octanol–water partition coefficient (Wildman–Crippen LogP) is 4.26. The molecule has 2 aromatic rings. The molecule has 1 aromatic heterocycles. The maximum atomic E-state index is 14.0. The maximum Gasteiger partial charge on any atom is 0.230 e. The summed E-state index contributed by atoms with van der Waals surface area (Å²) in [5.74, 6) is 1.02. The molecule has 8 heteroatoms. The van der Waals surface area contributed by atoms with Gasteiger partial charge in [-0.15, -0.1) is 0 Å². The summed E-state index contributed by atoms with van der Waals surface area (Å²) < 4.78 is 17.8. The highest BCUT2D eigenvalue weighted by Gasteiger charge is 2.35. The second-order valence-corrected chi connectivity index (χ2v) is 10.7. The molecule has 8 nitrogen and oxygen atoms in total. The first-order chi connectivity index (χ1) is 17.5. The van der Waals surface area contributed by atoms with Crippen LogP contribution in [0.1, 0.15) is 45.1 Å². The highest BCUT2D eigenvalue weighted by Crippen LogP contribution is 2.40. The number of nitrogens with one attached hydrogen (secondary N) is 1. The van der Waals surface area contributed by atoms with Gasteiger partial charge in [-0.3, -0.25) is 4.79 Å². The van der Waals surface area contributed by atoms with Crippen molar-refractivity contribution in [2.24, 2.45) is 5.92 Å². The normalized spacial score (nSPS) is 27.6. The van der Waals surface area contributed by atoms with Crippen LogP contribution in [0.25, 0.3) is 0 Å². The van der Waals surface area contributed by atoms with Crippen molar-refractivity contribution in [1.82, 2.24) is 4.98 Å². The van der Waals surface area contributed by atoms with E-state index >= 15 is 0 Å². The number of rotatable bonds is 4. The zero-order valence-electron chi connectivity index (χ0n) is 21.2. The molecule has 192 valence electrons. The molecule has 2 saturated heterocycles. The van der Waals surface area contributed by atoms with Crippen molar-refractivity contribution in [3.8, 4) is 0 Å². The number of benzene rings is 1. The fourth-order valence-electron chi connectivity index (χ4n) is 6.01. The van der Waals surface area contributed by atoms with Gasteiger partial charge in [0.1, 0.15) is 5.82 Å². The zero-order valence-corrected chi connectivity index (χ0v) is 21.2. The van der Waals surface area contributed by atoms with Crippen molar-refractivity contribution >= 4 is 28.8 Å². The Hall–Kier alpha value is -2.68. The van der Waals surface area contributed by atoms with E-state index in [1.54, 1.807) is 6.20 Å². The summed E-state index contributed by atoms with van der Waals surface area (Å²) in [6, 6.07) is 10.4. The van der Waals surface area contributed by atoms with E-state index in [1.165, 1.54) is 0 Å². The minimum atomic E-state index is 0.00614. The molecule has 0 spiro atoms. The third-order valence-corrected chi connectivity index (χ3v) is 7.70. The predicted molar refractivity (Wildman–Crippen MR) is 139 cm³/mol. The fraction of sp³-hybridized carbons (Fsp3) is 0.571. The highest BCUT2D eigenvalue weighted by atomic mass is 16.6. The molecule has 36 heavy (non-hydrogen) atoms. The Bertz CT molecular complexity index is 1090. The van der Waals surface area contributed by atoms with Crippen LogP contribution in [0.2, 0.25) is 0 Å². The topological polar surface area (TPSA) is 76.2 Å². The van der Waals surface area contributed by atoms with Crippen molar-refractivity contribution in [2.75, 3.05) is 41.4 Å². The molecule has 3 fully saturated rings. The van der Waals surface area contributed by atoms with Gasteiger partial charge in [0, 0.05) is 36.5 Å². The number of carbonyl (C=O) groups excluding carboxylic acids is 1. The lowest BCUT2D eigenvalue weighted by atomic mass is 9.86. The van der Waals surface area contributed by atoms with Crippen LogP contribution in [-0.4, -0.2) is 61.6 Å². The van der Waals surface area contributed by atoms with E-state index < -0.39 is 0 Å². The molecule has 2 unspecified atom stereocenters. The molecule has 1 N–H and O–H groups in total. The molecule has 2 bridgehead atoms. The van der Waals surface area contributed by atoms with Gasteiger partial charge in [0.15, 0.2) is 0 Å². The summed E-state index contributed by atoms with van der Waals surface area (Å²) in [5.41, 5.74) is 3.97. The van der Waals surface area contributed by atoms with Gasteiger partial charge in [-0.1, -0.05) is 6.07 Å². The summed E-state index contributed by atoms with van der Waals surface area (Å²) in [7, 11) is 0. The van der Waals surface area contributed by atoms with E-state index in [-0.39, 0.29) is 36.2 Å². The monoisotopic (exact) mass is 492 g/mol. The van der Waals surface area contributed by atoms with Crippen LogP contribution in [0.5, 0.6) is 0 Å². The van der Waals surface area contributed by atoms with Crippen molar-refractivity contribution in [1.29, 1.82) is 0 Å². The average Bonchev–Trinajstić information content (AvgIpc) is 3.04. The first-order valence-electron chi connectivity index (χ1n) is 13.3. The Kier molecular flexibility index (Phi) is 6.58. The third-order valence-electron chi connectivity index (χ3n) is 7.70. The molecule has 4 heterocycles. The summed E-state index contributed by atoms with van der Waals surface area (Å²) in [6.07, 6.45) is 6.04. The molecule has 1 amide bonds. The first kappa shape index (κ1) is 23.7. The quantitative estimate of drug-likeness (QED) is 0.683. The van der Waals surface area contributed by atoms with Gasteiger partial charge in [0.25, 0.3) is 0 Å². The summed E-state index contributed by atoms with van der Waals surface area (Å²) in [6.45, 7) is 7.52. The van der Waals surface area contributed by atoms with E-state index in [0.29, 0.717) is 19.8 Å². The Balaban J connectivity index is 1.29. The molecule has 1 aliphatic carbocycles. The van der Waals surface area contributed by atoms with E-state index in [4.69, 9.17) is 14.2 Å². The van der Waals surface area contributed by atoms with Gasteiger partial charge in [-0.25, -0.2) is 4.98 Å². The number of pyridine rings is 1. The summed E-state index contributed by atoms with van der Waals surface area (Å²) >= 11 is 0. The van der Waals surface area contributed by atoms with Crippen molar-refractivity contribution < 1.29 is 19.0 Å². The molecule has 3 aliphatic heterocycles. The van der Waals surface area contributed by atoms with E-state index in [9.17, 15) is 4.79 Å². The van der Waals surface area contributed by atoms with Gasteiger partial charge in [-0.2, -0.15) is 0 Å². The highest BCUT2D eigenvalue weighted by molar-refractivity contribution is 6.00. The summed E-state index contributed by atoms with van der Waals surface area (Å²) in [4.78, 5) is 23.0. The smallest absolute Gasteiger partial charge is 0.230 e. The number of amides is 1. The standard InChI is InChI=1S/C28H36N4O4/c1-18(2)35-22-8-5-19(6-9-22)28(33)32-13-20-4-3-11-29-27(20)30-25-10-7-21(12-26(25)32)31-14-23-16-34-17-24(15-31)36-23/h3-4,7,10-12,18-19,22-24H,5-6,8-9,13-17H2,1-2H3,(H,29,30)/t19-,22-,23?,24?. The van der Waals surface area contributed by atoms with Crippen molar-refractivity contribution in [2.45, 2.75) is 70.5 Å². The Morgan fingerprint density at radius 1 is 1.11 bits per heavy atom. The number of nitrogens with zero attached hydrogens (tertiary/aromatic N) is 3. The zero-order chi connectivity index (χ0) is 24.6. The number of aromatic nitrogens is 1. The average molecular weight is 493 g/mol. The minimum absolute atomic E-state index is 0.00614. The van der Waals surface area contributed by atoms with Gasteiger partial charge in [0.2, 0.25) is 5.91 Å². The Labute approximate surface area is 212 Å². The number of carbonyl (C=O) groups is 1. The van der Waals surface area contributed by atoms with Gasteiger partial charge in [-0.05, 0) is 63.8 Å². The molecule has 0 radical (unpaired) electrons. The molecule has 2 atom stereocenters. The van der Waals surface area contributed by atoms with E-state index in [1.807, 2.05) is 11.0 Å². The van der Waals surface area contributed by atoms with Crippen LogP contribution < -0.4 is 15.1 Å². The second kappa shape index (κ2) is 10.00. The molecule has 6 rings (SSSR count). The van der Waals surface area contributed by atoms with Crippen LogP contribution >= 0.6 is 0 Å². The lowest BCUT2D eigenvalue weighted by molar-refractivity contribution is -0.144. The molecular weight excluding hydrogens is 456 g/mol. The third kappa shape index (κ3) is 4.82. The van der Waals surface area contributed by atoms with Crippen LogP contribution in [0.15, 0.2) is 36.5 Å². The number of hydrogen-bond acceptors (Lipinski definition) is 7. The molecular formula is C28H36N4O4. The molecule has 1 aromatic carbocycles. The number of fused-ring (bicyclic) bond motifs is 4. The SMILES string of the molecule is CC(C)O[C@H]1CC[C@H](C(=O)N2Cc3cccnc3Nc3ccc(N4CC5COCC(C4)O5)cc32)CC1. The van der Waals surface area contributed by atoms with Crippen LogP contribution in [0.3, 0.4) is 0 Å². The number of morpholine rings is 1.